The Labute approximate surface area is 124 Å². The van der Waals surface area contributed by atoms with Crippen molar-refractivity contribution in [3.63, 3.8) is 0 Å². The van der Waals surface area contributed by atoms with Crippen LogP contribution < -0.4 is 5.73 Å². The molecule has 2 rings (SSSR count). The second kappa shape index (κ2) is 6.73. The van der Waals surface area contributed by atoms with Crippen LogP contribution in [0, 0.1) is 19.8 Å². The van der Waals surface area contributed by atoms with Crippen molar-refractivity contribution >= 4 is 0 Å². The van der Waals surface area contributed by atoms with Gasteiger partial charge >= 0.3 is 0 Å². The van der Waals surface area contributed by atoms with Gasteiger partial charge in [0.05, 0.1) is 0 Å². The number of aryl methyl sites for hydroxylation is 2. The number of benzene rings is 1. The van der Waals surface area contributed by atoms with Gasteiger partial charge in [-0.15, -0.1) is 0 Å². The number of hydrogen-bond acceptors (Lipinski definition) is 2. The van der Waals surface area contributed by atoms with Gasteiger partial charge in [0.1, 0.15) is 0 Å². The molecule has 1 saturated carbocycles. The lowest BCUT2D eigenvalue weighted by Crippen LogP contribution is -2.39. The van der Waals surface area contributed by atoms with Crippen molar-refractivity contribution in [2.24, 2.45) is 11.7 Å². The van der Waals surface area contributed by atoms with Crippen LogP contribution in [0.15, 0.2) is 18.2 Å². The molecule has 20 heavy (non-hydrogen) atoms. The van der Waals surface area contributed by atoms with Crippen LogP contribution in [-0.4, -0.2) is 24.5 Å². The maximum absolute atomic E-state index is 6.47. The lowest BCUT2D eigenvalue weighted by atomic mass is 9.86. The summed E-state index contributed by atoms with van der Waals surface area (Å²) in [5, 5.41) is 0. The predicted octanol–water partition coefficient (Wildman–Crippen LogP) is 3.81. The Balaban J connectivity index is 1.99. The SMILES string of the molecule is Cc1ccc(C)c(C(N)CN(C)C2CCCC(C)C2)c1. The summed E-state index contributed by atoms with van der Waals surface area (Å²) in [7, 11) is 2.24. The molecule has 0 heterocycles. The first-order valence-electron chi connectivity index (χ1n) is 8.00. The van der Waals surface area contributed by atoms with Crippen molar-refractivity contribution in [3.8, 4) is 0 Å². The third-order valence-corrected chi connectivity index (χ3v) is 4.85. The molecule has 2 nitrogen and oxygen atoms in total. The number of likely N-dealkylation sites (N-methyl/N-ethyl adjacent to an activating group) is 1. The number of nitrogens with two attached hydrogens (primary N) is 1. The number of hydrogen-bond donors (Lipinski definition) is 1. The number of nitrogens with zero attached hydrogens (tertiary/aromatic N) is 1. The van der Waals surface area contributed by atoms with Crippen molar-refractivity contribution < 1.29 is 0 Å². The van der Waals surface area contributed by atoms with E-state index in [2.05, 4.69) is 50.9 Å². The third-order valence-electron chi connectivity index (χ3n) is 4.85. The fourth-order valence-electron chi connectivity index (χ4n) is 3.52. The second-order valence-corrected chi connectivity index (χ2v) is 6.83. The van der Waals surface area contributed by atoms with Crippen molar-refractivity contribution in [2.75, 3.05) is 13.6 Å². The second-order valence-electron chi connectivity index (χ2n) is 6.83. The average Bonchev–Trinajstić information content (AvgIpc) is 2.41. The summed E-state index contributed by atoms with van der Waals surface area (Å²) in [5.74, 6) is 0.869. The van der Waals surface area contributed by atoms with E-state index in [1.165, 1.54) is 42.4 Å². The first-order valence-corrected chi connectivity index (χ1v) is 8.00. The molecule has 1 fully saturated rings. The van der Waals surface area contributed by atoms with Gasteiger partial charge < -0.3 is 10.6 Å². The summed E-state index contributed by atoms with van der Waals surface area (Å²) < 4.78 is 0. The first-order chi connectivity index (χ1) is 9.47. The van der Waals surface area contributed by atoms with Crippen LogP contribution >= 0.6 is 0 Å². The van der Waals surface area contributed by atoms with Crippen molar-refractivity contribution in [2.45, 2.75) is 58.5 Å². The Morgan fingerprint density at radius 1 is 1.30 bits per heavy atom. The van der Waals surface area contributed by atoms with Gasteiger partial charge in [-0.25, -0.2) is 0 Å². The zero-order chi connectivity index (χ0) is 14.7. The van der Waals surface area contributed by atoms with Crippen LogP contribution in [0.25, 0.3) is 0 Å². The summed E-state index contributed by atoms with van der Waals surface area (Å²) in [6.45, 7) is 7.64. The highest BCUT2D eigenvalue weighted by molar-refractivity contribution is 5.33. The molecule has 0 bridgehead atoms. The lowest BCUT2D eigenvalue weighted by Gasteiger charge is -2.35. The van der Waals surface area contributed by atoms with E-state index >= 15 is 0 Å². The van der Waals surface area contributed by atoms with Gasteiger partial charge in [-0.1, -0.05) is 43.5 Å². The minimum Gasteiger partial charge on any atom is -0.323 e. The molecule has 0 radical (unpaired) electrons. The topological polar surface area (TPSA) is 29.3 Å². The van der Waals surface area contributed by atoms with E-state index < -0.39 is 0 Å². The molecule has 3 unspecified atom stereocenters. The first kappa shape index (κ1) is 15.5. The monoisotopic (exact) mass is 274 g/mol. The van der Waals surface area contributed by atoms with Crippen molar-refractivity contribution in [1.29, 1.82) is 0 Å². The van der Waals surface area contributed by atoms with E-state index in [-0.39, 0.29) is 6.04 Å². The predicted molar refractivity (Wildman–Crippen MR) is 86.9 cm³/mol. The van der Waals surface area contributed by atoms with Crippen LogP contribution in [0.2, 0.25) is 0 Å². The Kier molecular flexibility index (Phi) is 5.22. The summed E-state index contributed by atoms with van der Waals surface area (Å²) >= 11 is 0. The van der Waals surface area contributed by atoms with Gasteiger partial charge in [-0.3, -0.25) is 0 Å². The normalized spacial score (nSPS) is 24.9. The molecule has 112 valence electrons. The molecular weight excluding hydrogens is 244 g/mol. The maximum Gasteiger partial charge on any atom is 0.0426 e. The van der Waals surface area contributed by atoms with Crippen molar-refractivity contribution in [3.05, 3.63) is 34.9 Å². The average molecular weight is 274 g/mol. The number of rotatable bonds is 4. The Morgan fingerprint density at radius 2 is 2.05 bits per heavy atom. The van der Waals surface area contributed by atoms with Crippen molar-refractivity contribution in [1.82, 2.24) is 4.90 Å². The molecule has 0 amide bonds. The molecule has 1 aromatic rings. The summed E-state index contributed by atoms with van der Waals surface area (Å²) in [6.07, 6.45) is 5.43. The van der Waals surface area contributed by atoms with Gasteiger partial charge in [0, 0.05) is 18.6 Å². The van der Waals surface area contributed by atoms with Crippen LogP contribution in [-0.2, 0) is 0 Å². The van der Waals surface area contributed by atoms with Crippen LogP contribution in [0.5, 0.6) is 0 Å². The molecule has 0 aliphatic heterocycles. The standard InChI is InChI=1S/C18H30N2/c1-13-6-5-7-16(10-13)20(4)12-18(19)17-11-14(2)8-9-15(17)3/h8-9,11,13,16,18H,5-7,10,12,19H2,1-4H3. The molecule has 2 N–H and O–H groups in total. The zero-order valence-electron chi connectivity index (χ0n) is 13.5. The van der Waals surface area contributed by atoms with Gasteiger partial charge in [-0.05, 0) is 50.8 Å². The van der Waals surface area contributed by atoms with E-state index in [4.69, 9.17) is 5.73 Å². The van der Waals surface area contributed by atoms with Gasteiger partial charge in [0.2, 0.25) is 0 Å². The fourth-order valence-corrected chi connectivity index (χ4v) is 3.52. The highest BCUT2D eigenvalue weighted by Gasteiger charge is 2.24. The summed E-state index contributed by atoms with van der Waals surface area (Å²) in [6, 6.07) is 7.44. The molecule has 1 aliphatic rings. The Hall–Kier alpha value is -0.860. The molecule has 1 aliphatic carbocycles. The largest absolute Gasteiger partial charge is 0.323 e. The Bertz CT molecular complexity index is 441. The van der Waals surface area contributed by atoms with Gasteiger partial charge in [0.15, 0.2) is 0 Å². The Morgan fingerprint density at radius 3 is 2.75 bits per heavy atom. The molecule has 1 aromatic carbocycles. The van der Waals surface area contributed by atoms with E-state index in [1.807, 2.05) is 0 Å². The van der Waals surface area contributed by atoms with E-state index in [0.29, 0.717) is 0 Å². The maximum atomic E-state index is 6.47. The molecule has 3 atom stereocenters. The summed E-state index contributed by atoms with van der Waals surface area (Å²) in [5.41, 5.74) is 10.4. The van der Waals surface area contributed by atoms with E-state index in [9.17, 15) is 0 Å². The highest BCUT2D eigenvalue weighted by atomic mass is 15.1. The highest BCUT2D eigenvalue weighted by Crippen LogP contribution is 2.28. The van der Waals surface area contributed by atoms with Crippen LogP contribution in [0.4, 0.5) is 0 Å². The minimum atomic E-state index is 0.122. The zero-order valence-corrected chi connectivity index (χ0v) is 13.5. The van der Waals surface area contributed by atoms with Gasteiger partial charge in [-0.2, -0.15) is 0 Å². The van der Waals surface area contributed by atoms with E-state index in [1.54, 1.807) is 0 Å². The third kappa shape index (κ3) is 3.83. The van der Waals surface area contributed by atoms with E-state index in [0.717, 1.165) is 18.5 Å². The summed E-state index contributed by atoms with van der Waals surface area (Å²) in [4.78, 5) is 2.49. The minimum absolute atomic E-state index is 0.122. The van der Waals surface area contributed by atoms with Gasteiger partial charge in [0.25, 0.3) is 0 Å². The molecule has 0 aromatic heterocycles. The molecular formula is C18H30N2. The molecule has 2 heteroatoms. The van der Waals surface area contributed by atoms with Crippen LogP contribution in [0.3, 0.4) is 0 Å². The smallest absolute Gasteiger partial charge is 0.0426 e. The molecule has 0 saturated heterocycles. The fraction of sp³-hybridized carbons (Fsp3) is 0.667. The lowest BCUT2D eigenvalue weighted by molar-refractivity contribution is 0.156. The molecule has 0 spiro atoms. The van der Waals surface area contributed by atoms with Crippen LogP contribution in [0.1, 0.15) is 55.3 Å². The quantitative estimate of drug-likeness (QED) is 0.904.